The van der Waals surface area contributed by atoms with Gasteiger partial charge in [-0.05, 0) is 43.3 Å². The van der Waals surface area contributed by atoms with Gasteiger partial charge in [-0.1, -0.05) is 54.2 Å². The molecule has 0 saturated carbocycles. The molecule has 0 fully saturated rings. The second kappa shape index (κ2) is 9.70. The van der Waals surface area contributed by atoms with Crippen LogP contribution in [0.4, 0.5) is 5.69 Å². The fourth-order valence-corrected chi connectivity index (χ4v) is 4.31. The van der Waals surface area contributed by atoms with E-state index in [2.05, 4.69) is 5.32 Å². The number of benzene rings is 3. The maximum atomic E-state index is 12.5. The van der Waals surface area contributed by atoms with Crippen molar-refractivity contribution in [3.05, 3.63) is 90.0 Å². The smallest absolute Gasteiger partial charge is 0.329 e. The first-order chi connectivity index (χ1) is 16.0. The Morgan fingerprint density at radius 2 is 1.45 bits per heavy atom. The molecule has 1 aliphatic heterocycles. The van der Waals surface area contributed by atoms with Crippen molar-refractivity contribution in [1.82, 2.24) is 4.90 Å². The van der Waals surface area contributed by atoms with Crippen molar-refractivity contribution < 1.29 is 23.9 Å². The van der Waals surface area contributed by atoms with Crippen LogP contribution in [0, 0.1) is 0 Å². The zero-order valence-electron chi connectivity index (χ0n) is 17.7. The normalized spacial score (nSPS) is 13.4. The molecule has 1 N–H and O–H groups in total. The summed E-state index contributed by atoms with van der Waals surface area (Å²) in [5.74, 6) is -2.49. The van der Waals surface area contributed by atoms with Crippen LogP contribution in [0.15, 0.2) is 88.7 Å². The highest BCUT2D eigenvalue weighted by atomic mass is 32.2. The van der Waals surface area contributed by atoms with Crippen LogP contribution in [0.3, 0.4) is 0 Å². The summed E-state index contributed by atoms with van der Waals surface area (Å²) in [5.41, 5.74) is 1.07. The molecular formula is C25H20N2O5S. The van der Waals surface area contributed by atoms with E-state index in [1.807, 2.05) is 42.5 Å². The second-order valence-electron chi connectivity index (χ2n) is 7.27. The van der Waals surface area contributed by atoms with E-state index in [0.717, 1.165) is 14.7 Å². The van der Waals surface area contributed by atoms with Crippen LogP contribution in [0.25, 0.3) is 0 Å². The van der Waals surface area contributed by atoms with Gasteiger partial charge in [-0.2, -0.15) is 0 Å². The molecule has 1 heterocycles. The number of ether oxygens (including phenoxy) is 1. The number of imide groups is 1. The van der Waals surface area contributed by atoms with Crippen molar-refractivity contribution in [2.24, 2.45) is 0 Å². The predicted molar refractivity (Wildman–Crippen MR) is 123 cm³/mol. The van der Waals surface area contributed by atoms with Gasteiger partial charge in [0.1, 0.15) is 6.04 Å². The van der Waals surface area contributed by atoms with Crippen LogP contribution in [0.1, 0.15) is 27.6 Å². The minimum absolute atomic E-state index is 0.243. The lowest BCUT2D eigenvalue weighted by atomic mass is 10.1. The average molecular weight is 461 g/mol. The molecule has 0 radical (unpaired) electrons. The molecule has 1 aliphatic rings. The van der Waals surface area contributed by atoms with Crippen LogP contribution in [-0.2, 0) is 14.3 Å². The van der Waals surface area contributed by atoms with E-state index in [1.54, 1.807) is 24.3 Å². The molecule has 0 bridgehead atoms. The molecule has 1 atom stereocenters. The minimum atomic E-state index is -1.16. The van der Waals surface area contributed by atoms with E-state index in [4.69, 9.17) is 4.74 Å². The summed E-state index contributed by atoms with van der Waals surface area (Å²) in [4.78, 5) is 52.7. The average Bonchev–Trinajstić information content (AvgIpc) is 3.09. The summed E-state index contributed by atoms with van der Waals surface area (Å²) in [7, 11) is 0. The quantitative estimate of drug-likeness (QED) is 0.423. The monoisotopic (exact) mass is 460 g/mol. The topological polar surface area (TPSA) is 92.8 Å². The Labute approximate surface area is 194 Å². The Morgan fingerprint density at radius 1 is 0.879 bits per heavy atom. The molecule has 0 aromatic heterocycles. The zero-order valence-corrected chi connectivity index (χ0v) is 18.5. The van der Waals surface area contributed by atoms with Crippen LogP contribution >= 0.6 is 11.8 Å². The van der Waals surface area contributed by atoms with Crippen molar-refractivity contribution in [2.45, 2.75) is 22.8 Å². The van der Waals surface area contributed by atoms with E-state index < -0.39 is 36.3 Å². The van der Waals surface area contributed by atoms with E-state index in [-0.39, 0.29) is 11.1 Å². The Kier molecular flexibility index (Phi) is 6.55. The first kappa shape index (κ1) is 22.3. The first-order valence-electron chi connectivity index (χ1n) is 10.2. The van der Waals surface area contributed by atoms with Gasteiger partial charge in [-0.15, -0.1) is 0 Å². The standard InChI is InChI=1S/C25H20N2O5S/c1-16(27-23(29)18-11-5-6-12-19(18)24(27)30)25(31)32-15-22(28)26-20-13-7-8-14-21(20)33-17-9-3-2-4-10-17/h2-14,16H,15H2,1H3,(H,26,28)/t16-/m1/s1. The van der Waals surface area contributed by atoms with Gasteiger partial charge in [0.15, 0.2) is 6.61 Å². The third-order valence-electron chi connectivity index (χ3n) is 5.03. The molecular weight excluding hydrogens is 440 g/mol. The van der Waals surface area contributed by atoms with Gasteiger partial charge < -0.3 is 10.1 Å². The van der Waals surface area contributed by atoms with Crippen molar-refractivity contribution >= 4 is 41.1 Å². The molecule has 0 spiro atoms. The summed E-state index contributed by atoms with van der Waals surface area (Å²) in [6.07, 6.45) is 0. The van der Waals surface area contributed by atoms with Gasteiger partial charge in [0, 0.05) is 9.79 Å². The SMILES string of the molecule is C[C@H](C(=O)OCC(=O)Nc1ccccc1Sc1ccccc1)N1C(=O)c2ccccc2C1=O. The van der Waals surface area contributed by atoms with Crippen molar-refractivity contribution in [1.29, 1.82) is 0 Å². The number of hydrogen-bond donors (Lipinski definition) is 1. The highest BCUT2D eigenvalue weighted by molar-refractivity contribution is 7.99. The third-order valence-corrected chi connectivity index (χ3v) is 6.12. The lowest BCUT2D eigenvalue weighted by molar-refractivity contribution is -0.150. The van der Waals surface area contributed by atoms with Crippen LogP contribution in [-0.4, -0.2) is 41.2 Å². The minimum Gasteiger partial charge on any atom is -0.454 e. The number of rotatable bonds is 7. The van der Waals surface area contributed by atoms with E-state index in [9.17, 15) is 19.2 Å². The number of amides is 3. The predicted octanol–water partition coefficient (Wildman–Crippen LogP) is 4.00. The molecule has 3 amide bonds. The Bertz CT molecular complexity index is 1190. The fourth-order valence-electron chi connectivity index (χ4n) is 3.38. The second-order valence-corrected chi connectivity index (χ2v) is 8.38. The number of carbonyl (C=O) groups excluding carboxylic acids is 4. The molecule has 7 nitrogen and oxygen atoms in total. The number of para-hydroxylation sites is 1. The van der Waals surface area contributed by atoms with E-state index >= 15 is 0 Å². The van der Waals surface area contributed by atoms with Crippen LogP contribution in [0.5, 0.6) is 0 Å². The van der Waals surface area contributed by atoms with Gasteiger partial charge in [-0.3, -0.25) is 19.3 Å². The van der Waals surface area contributed by atoms with Crippen LogP contribution < -0.4 is 5.32 Å². The summed E-state index contributed by atoms with van der Waals surface area (Å²) in [6, 6.07) is 22.2. The summed E-state index contributed by atoms with van der Waals surface area (Å²) >= 11 is 1.49. The first-order valence-corrected chi connectivity index (χ1v) is 11.0. The largest absolute Gasteiger partial charge is 0.454 e. The number of nitrogens with one attached hydrogen (secondary N) is 1. The number of fused-ring (bicyclic) bond motifs is 1. The van der Waals surface area contributed by atoms with Gasteiger partial charge in [-0.25, -0.2) is 4.79 Å². The van der Waals surface area contributed by atoms with Crippen molar-refractivity contribution in [3.63, 3.8) is 0 Å². The number of hydrogen-bond acceptors (Lipinski definition) is 6. The van der Waals surface area contributed by atoms with Crippen molar-refractivity contribution in [3.8, 4) is 0 Å². The van der Waals surface area contributed by atoms with Gasteiger partial charge in [0.2, 0.25) is 0 Å². The lowest BCUT2D eigenvalue weighted by Crippen LogP contribution is -2.44. The van der Waals surface area contributed by atoms with Gasteiger partial charge in [0.25, 0.3) is 17.7 Å². The molecule has 0 saturated heterocycles. The molecule has 4 rings (SSSR count). The molecule has 0 aliphatic carbocycles. The van der Waals surface area contributed by atoms with Gasteiger partial charge >= 0.3 is 5.97 Å². The van der Waals surface area contributed by atoms with Crippen molar-refractivity contribution in [2.75, 3.05) is 11.9 Å². The summed E-state index contributed by atoms with van der Waals surface area (Å²) in [5, 5.41) is 2.74. The summed E-state index contributed by atoms with van der Waals surface area (Å²) in [6.45, 7) is 0.852. The maximum Gasteiger partial charge on any atom is 0.329 e. The molecule has 166 valence electrons. The highest BCUT2D eigenvalue weighted by Gasteiger charge is 2.41. The molecule has 3 aromatic carbocycles. The molecule has 3 aromatic rings. The molecule has 33 heavy (non-hydrogen) atoms. The number of esters is 1. The number of nitrogens with zero attached hydrogens (tertiary/aromatic N) is 1. The Morgan fingerprint density at radius 3 is 2.12 bits per heavy atom. The molecule has 0 unspecified atom stereocenters. The number of carbonyl (C=O) groups is 4. The van der Waals surface area contributed by atoms with E-state index in [0.29, 0.717) is 5.69 Å². The highest BCUT2D eigenvalue weighted by Crippen LogP contribution is 2.33. The summed E-state index contributed by atoms with van der Waals surface area (Å²) < 4.78 is 5.10. The third kappa shape index (κ3) is 4.80. The van der Waals surface area contributed by atoms with Crippen LogP contribution in [0.2, 0.25) is 0 Å². The number of anilines is 1. The maximum absolute atomic E-state index is 12.5. The Balaban J connectivity index is 1.36. The van der Waals surface area contributed by atoms with E-state index in [1.165, 1.54) is 30.8 Å². The Hall–Kier alpha value is -3.91. The lowest BCUT2D eigenvalue weighted by Gasteiger charge is -2.20. The molecule has 8 heteroatoms. The van der Waals surface area contributed by atoms with Gasteiger partial charge in [0.05, 0.1) is 16.8 Å². The zero-order chi connectivity index (χ0) is 23.4. The fraction of sp³-hybridized carbons (Fsp3) is 0.120.